The van der Waals surface area contributed by atoms with Crippen molar-refractivity contribution in [2.45, 2.75) is 12.5 Å². The number of carbonyl (C=O) groups is 2. The Kier molecular flexibility index (Phi) is 5.51. The average Bonchev–Trinajstić information content (AvgIpc) is 2.31. The van der Waals surface area contributed by atoms with Gasteiger partial charge < -0.3 is 15.5 Å². The maximum atomic E-state index is 11.4. The van der Waals surface area contributed by atoms with Crippen LogP contribution in [0.5, 0.6) is 5.75 Å². The fraction of sp³-hybridized carbons (Fsp3) is 0.333. The van der Waals surface area contributed by atoms with Gasteiger partial charge in [-0.05, 0) is 24.0 Å². The lowest BCUT2D eigenvalue weighted by Gasteiger charge is -2.14. The zero-order valence-corrected chi connectivity index (χ0v) is 10.7. The van der Waals surface area contributed by atoms with E-state index in [4.69, 9.17) is 10.2 Å². The number of hydrogen-bond donors (Lipinski definition) is 3. The number of carboxylic acids is 1. The van der Waals surface area contributed by atoms with Gasteiger partial charge in [0.25, 0.3) is 0 Å². The van der Waals surface area contributed by atoms with Gasteiger partial charge in [-0.25, -0.2) is 4.79 Å². The first-order chi connectivity index (χ1) is 8.52. The average molecular weight is 269 g/mol. The Labute approximate surface area is 109 Å². The van der Waals surface area contributed by atoms with Gasteiger partial charge in [0.05, 0.1) is 5.75 Å². The summed E-state index contributed by atoms with van der Waals surface area (Å²) in [6, 6.07) is 5.28. The highest BCUT2D eigenvalue weighted by atomic mass is 32.2. The van der Waals surface area contributed by atoms with Crippen molar-refractivity contribution in [1.82, 2.24) is 5.32 Å². The molecule has 1 amide bonds. The molecule has 1 aromatic carbocycles. The van der Waals surface area contributed by atoms with Crippen LogP contribution in [0.4, 0.5) is 0 Å². The molecule has 98 valence electrons. The van der Waals surface area contributed by atoms with Crippen LogP contribution in [0.1, 0.15) is 5.56 Å². The molecule has 3 N–H and O–H groups in total. The number of aliphatic carboxylic acids is 1. The lowest BCUT2D eigenvalue weighted by molar-refractivity contribution is -0.141. The number of amides is 1. The summed E-state index contributed by atoms with van der Waals surface area (Å²) in [7, 11) is 0. The van der Waals surface area contributed by atoms with Crippen molar-refractivity contribution in [1.29, 1.82) is 0 Å². The number of carboxylic acid groups (broad SMARTS) is 1. The van der Waals surface area contributed by atoms with E-state index in [-0.39, 0.29) is 23.8 Å². The van der Waals surface area contributed by atoms with Crippen molar-refractivity contribution >= 4 is 23.6 Å². The van der Waals surface area contributed by atoms with E-state index in [9.17, 15) is 9.59 Å². The fourth-order valence-electron chi connectivity index (χ4n) is 1.43. The molecule has 6 heteroatoms. The second kappa shape index (κ2) is 6.90. The topological polar surface area (TPSA) is 86.6 Å². The van der Waals surface area contributed by atoms with Crippen molar-refractivity contribution in [2.24, 2.45) is 0 Å². The van der Waals surface area contributed by atoms with Crippen molar-refractivity contribution in [3.05, 3.63) is 29.8 Å². The lowest BCUT2D eigenvalue weighted by Crippen LogP contribution is -2.43. The number of carbonyl (C=O) groups excluding carboxylic acids is 1. The minimum Gasteiger partial charge on any atom is -0.508 e. The lowest BCUT2D eigenvalue weighted by atomic mass is 10.1. The van der Waals surface area contributed by atoms with Gasteiger partial charge in [-0.1, -0.05) is 12.1 Å². The number of phenolic OH excluding ortho intramolecular Hbond substituents is 1. The standard InChI is InChI=1S/C12H15NO4S/c1-18-7-11(15)13-10(12(16)17)6-8-2-4-9(14)5-3-8/h2-5,10,14H,6-7H2,1H3,(H,13,15)(H,16,17)/t10-/m0/s1. The SMILES string of the molecule is CSCC(=O)N[C@@H](Cc1ccc(O)cc1)C(=O)O. The molecule has 1 rings (SSSR count). The molecule has 5 nitrogen and oxygen atoms in total. The molecular formula is C12H15NO4S. The van der Waals surface area contributed by atoms with Gasteiger partial charge in [-0.2, -0.15) is 11.8 Å². The molecule has 0 aromatic heterocycles. The second-order valence-electron chi connectivity index (χ2n) is 3.76. The van der Waals surface area contributed by atoms with Crippen LogP contribution in [0.3, 0.4) is 0 Å². The Balaban J connectivity index is 2.65. The summed E-state index contributed by atoms with van der Waals surface area (Å²) >= 11 is 1.33. The molecule has 0 radical (unpaired) electrons. The molecule has 0 aliphatic rings. The molecule has 1 aromatic rings. The van der Waals surface area contributed by atoms with E-state index in [1.807, 2.05) is 0 Å². The van der Waals surface area contributed by atoms with Crippen molar-refractivity contribution in [2.75, 3.05) is 12.0 Å². The first kappa shape index (κ1) is 14.4. The third-order valence-electron chi connectivity index (χ3n) is 2.28. The number of phenols is 1. The molecule has 0 heterocycles. The summed E-state index contributed by atoms with van der Waals surface area (Å²) in [5.74, 6) is -1.01. The highest BCUT2D eigenvalue weighted by molar-refractivity contribution is 7.99. The monoisotopic (exact) mass is 269 g/mol. The number of hydrogen-bond acceptors (Lipinski definition) is 4. The molecule has 0 unspecified atom stereocenters. The predicted molar refractivity (Wildman–Crippen MR) is 69.8 cm³/mol. The van der Waals surface area contributed by atoms with Crippen molar-refractivity contribution < 1.29 is 19.8 Å². The minimum atomic E-state index is -1.07. The zero-order valence-electron chi connectivity index (χ0n) is 9.92. The third-order valence-corrected chi connectivity index (χ3v) is 2.84. The van der Waals surface area contributed by atoms with Crippen LogP contribution in [-0.4, -0.2) is 40.1 Å². The summed E-state index contributed by atoms with van der Waals surface area (Å²) in [6.07, 6.45) is 1.96. The number of benzene rings is 1. The van der Waals surface area contributed by atoms with Gasteiger partial charge in [-0.3, -0.25) is 4.79 Å². The quantitative estimate of drug-likeness (QED) is 0.713. The van der Waals surface area contributed by atoms with Gasteiger partial charge >= 0.3 is 5.97 Å². The minimum absolute atomic E-state index is 0.122. The highest BCUT2D eigenvalue weighted by Crippen LogP contribution is 2.11. The number of aromatic hydroxyl groups is 1. The smallest absolute Gasteiger partial charge is 0.326 e. The van der Waals surface area contributed by atoms with Crippen molar-refractivity contribution in [3.63, 3.8) is 0 Å². The Morgan fingerprint density at radius 2 is 1.94 bits per heavy atom. The maximum absolute atomic E-state index is 11.4. The van der Waals surface area contributed by atoms with Gasteiger partial charge in [0.1, 0.15) is 11.8 Å². The summed E-state index contributed by atoms with van der Waals surface area (Å²) in [5, 5.41) is 20.6. The van der Waals surface area contributed by atoms with Crippen LogP contribution in [-0.2, 0) is 16.0 Å². The van der Waals surface area contributed by atoms with Crippen LogP contribution >= 0.6 is 11.8 Å². The molecular weight excluding hydrogens is 254 g/mol. The van der Waals surface area contributed by atoms with Crippen LogP contribution in [0.15, 0.2) is 24.3 Å². The number of thioether (sulfide) groups is 1. The second-order valence-corrected chi connectivity index (χ2v) is 4.63. The fourth-order valence-corrected chi connectivity index (χ4v) is 1.78. The van der Waals surface area contributed by atoms with E-state index < -0.39 is 12.0 Å². The zero-order chi connectivity index (χ0) is 13.5. The van der Waals surface area contributed by atoms with E-state index in [1.165, 1.54) is 23.9 Å². The molecule has 0 aliphatic carbocycles. The predicted octanol–water partition coefficient (Wildman–Crippen LogP) is 0.867. The Bertz CT molecular complexity index is 419. The third kappa shape index (κ3) is 4.67. The van der Waals surface area contributed by atoms with E-state index in [0.717, 1.165) is 5.56 Å². The Morgan fingerprint density at radius 1 is 1.33 bits per heavy atom. The van der Waals surface area contributed by atoms with Crippen LogP contribution < -0.4 is 5.32 Å². The summed E-state index contributed by atoms with van der Waals surface area (Å²) < 4.78 is 0. The molecule has 0 aliphatic heterocycles. The normalized spacial score (nSPS) is 11.8. The van der Waals surface area contributed by atoms with Crippen LogP contribution in [0.25, 0.3) is 0 Å². The van der Waals surface area contributed by atoms with E-state index in [1.54, 1.807) is 18.4 Å². The van der Waals surface area contributed by atoms with Gasteiger partial charge in [0, 0.05) is 6.42 Å². The number of rotatable bonds is 6. The molecule has 0 fully saturated rings. The first-order valence-corrected chi connectivity index (χ1v) is 6.71. The van der Waals surface area contributed by atoms with Crippen LogP contribution in [0.2, 0.25) is 0 Å². The maximum Gasteiger partial charge on any atom is 0.326 e. The molecule has 1 atom stereocenters. The molecule has 0 spiro atoms. The highest BCUT2D eigenvalue weighted by Gasteiger charge is 2.19. The van der Waals surface area contributed by atoms with Crippen LogP contribution in [0, 0.1) is 0 Å². The first-order valence-electron chi connectivity index (χ1n) is 5.32. The molecule has 0 saturated heterocycles. The van der Waals surface area contributed by atoms with Gasteiger partial charge in [0.15, 0.2) is 0 Å². The summed E-state index contributed by atoms with van der Waals surface area (Å²) in [4.78, 5) is 22.4. The molecule has 0 saturated carbocycles. The molecule has 0 bridgehead atoms. The number of nitrogens with one attached hydrogen (secondary N) is 1. The molecule has 18 heavy (non-hydrogen) atoms. The van der Waals surface area contributed by atoms with Gasteiger partial charge in [-0.15, -0.1) is 0 Å². The Morgan fingerprint density at radius 3 is 2.44 bits per heavy atom. The summed E-state index contributed by atoms with van der Waals surface area (Å²) in [5.41, 5.74) is 0.740. The van der Waals surface area contributed by atoms with Crippen molar-refractivity contribution in [3.8, 4) is 5.75 Å². The Hall–Kier alpha value is -1.69. The largest absolute Gasteiger partial charge is 0.508 e. The van der Waals surface area contributed by atoms with Gasteiger partial charge in [0.2, 0.25) is 5.91 Å². The summed E-state index contributed by atoms with van der Waals surface area (Å²) in [6.45, 7) is 0. The van der Waals surface area contributed by atoms with E-state index in [2.05, 4.69) is 5.32 Å². The van der Waals surface area contributed by atoms with E-state index >= 15 is 0 Å². The van der Waals surface area contributed by atoms with E-state index in [0.29, 0.717) is 0 Å².